The molecule has 1 aliphatic carbocycles. The van der Waals surface area contributed by atoms with Crippen LogP contribution in [0.15, 0.2) is 18.2 Å². The van der Waals surface area contributed by atoms with E-state index >= 15 is 0 Å². The quantitative estimate of drug-likeness (QED) is 0.622. The van der Waals surface area contributed by atoms with Gasteiger partial charge in [0.05, 0.1) is 0 Å². The molecule has 0 saturated carbocycles. The van der Waals surface area contributed by atoms with Crippen molar-refractivity contribution in [2.24, 2.45) is 0 Å². The van der Waals surface area contributed by atoms with E-state index in [4.69, 9.17) is 5.41 Å². The standard InChI is InChI=1S/C12H13NO/c1-8-5-6-9-3-2-4-11(14)12(13)10(9)7-8/h5-7,13H,2-4H2,1H3. The summed E-state index contributed by atoms with van der Waals surface area (Å²) in [6.45, 7) is 1.99. The molecule has 1 N–H and O–H groups in total. The summed E-state index contributed by atoms with van der Waals surface area (Å²) < 4.78 is 0. The number of carbonyl (C=O) groups excluding carboxylic acids is 1. The van der Waals surface area contributed by atoms with Crippen molar-refractivity contribution in [3.63, 3.8) is 0 Å². The van der Waals surface area contributed by atoms with Crippen molar-refractivity contribution in [2.75, 3.05) is 0 Å². The zero-order valence-electron chi connectivity index (χ0n) is 8.26. The molecule has 2 nitrogen and oxygen atoms in total. The zero-order valence-corrected chi connectivity index (χ0v) is 8.26. The van der Waals surface area contributed by atoms with E-state index in [1.807, 2.05) is 25.1 Å². The highest BCUT2D eigenvalue weighted by Gasteiger charge is 2.18. The Labute approximate surface area is 83.5 Å². The van der Waals surface area contributed by atoms with Gasteiger partial charge in [-0.05, 0) is 31.4 Å². The van der Waals surface area contributed by atoms with Gasteiger partial charge in [0, 0.05) is 12.0 Å². The molecule has 0 radical (unpaired) electrons. The highest BCUT2D eigenvalue weighted by atomic mass is 16.1. The minimum absolute atomic E-state index is 0.0191. The Morgan fingerprint density at radius 2 is 2.07 bits per heavy atom. The van der Waals surface area contributed by atoms with Gasteiger partial charge in [-0.15, -0.1) is 0 Å². The lowest BCUT2D eigenvalue weighted by Gasteiger charge is -2.05. The summed E-state index contributed by atoms with van der Waals surface area (Å²) in [5.74, 6) is -0.0191. The molecular weight excluding hydrogens is 174 g/mol. The van der Waals surface area contributed by atoms with Gasteiger partial charge in [-0.3, -0.25) is 10.2 Å². The Morgan fingerprint density at radius 3 is 2.86 bits per heavy atom. The Bertz CT molecular complexity index is 407. The van der Waals surface area contributed by atoms with Crippen LogP contribution in [-0.4, -0.2) is 11.5 Å². The van der Waals surface area contributed by atoms with Crippen LogP contribution in [0.2, 0.25) is 0 Å². The van der Waals surface area contributed by atoms with Crippen molar-refractivity contribution in [3.8, 4) is 0 Å². The maximum absolute atomic E-state index is 11.5. The first kappa shape index (κ1) is 9.13. The minimum atomic E-state index is -0.0191. The van der Waals surface area contributed by atoms with Gasteiger partial charge >= 0.3 is 0 Å². The van der Waals surface area contributed by atoms with Gasteiger partial charge < -0.3 is 0 Å². The molecule has 72 valence electrons. The Morgan fingerprint density at radius 1 is 1.29 bits per heavy atom. The number of rotatable bonds is 0. The molecular formula is C12H13NO. The fourth-order valence-electron chi connectivity index (χ4n) is 1.86. The average Bonchev–Trinajstić information content (AvgIpc) is 2.30. The minimum Gasteiger partial charge on any atom is -0.297 e. The van der Waals surface area contributed by atoms with E-state index in [1.54, 1.807) is 0 Å². The Kier molecular flexibility index (Phi) is 2.20. The number of fused-ring (bicyclic) bond motifs is 1. The van der Waals surface area contributed by atoms with Crippen molar-refractivity contribution in [1.29, 1.82) is 5.41 Å². The van der Waals surface area contributed by atoms with Crippen LogP contribution in [0.5, 0.6) is 0 Å². The van der Waals surface area contributed by atoms with E-state index in [-0.39, 0.29) is 11.5 Å². The van der Waals surface area contributed by atoms with Crippen LogP contribution in [0.1, 0.15) is 29.5 Å². The van der Waals surface area contributed by atoms with Crippen molar-refractivity contribution >= 4 is 11.5 Å². The maximum atomic E-state index is 11.5. The second kappa shape index (κ2) is 3.37. The van der Waals surface area contributed by atoms with Crippen molar-refractivity contribution in [3.05, 3.63) is 34.9 Å². The second-order valence-corrected chi connectivity index (χ2v) is 3.81. The second-order valence-electron chi connectivity index (χ2n) is 3.81. The molecule has 1 aromatic rings. The van der Waals surface area contributed by atoms with E-state index < -0.39 is 0 Å². The highest BCUT2D eigenvalue weighted by Crippen LogP contribution is 2.19. The normalized spacial score (nSPS) is 16.4. The van der Waals surface area contributed by atoms with Crippen LogP contribution >= 0.6 is 0 Å². The maximum Gasteiger partial charge on any atom is 0.181 e. The summed E-state index contributed by atoms with van der Waals surface area (Å²) in [5, 5.41) is 7.76. The molecule has 1 aliphatic rings. The molecule has 0 saturated heterocycles. The summed E-state index contributed by atoms with van der Waals surface area (Å²) in [6, 6.07) is 6.03. The van der Waals surface area contributed by atoms with Gasteiger partial charge in [-0.25, -0.2) is 0 Å². The number of Topliss-reactive ketones (excluding diaryl/α,β-unsaturated/α-hetero) is 1. The molecule has 1 aromatic carbocycles. The van der Waals surface area contributed by atoms with Gasteiger partial charge in [-0.1, -0.05) is 17.7 Å². The third-order valence-electron chi connectivity index (χ3n) is 2.66. The van der Waals surface area contributed by atoms with Crippen LogP contribution in [0.25, 0.3) is 0 Å². The number of carbonyl (C=O) groups is 1. The molecule has 2 rings (SSSR count). The van der Waals surface area contributed by atoms with Gasteiger partial charge in [0.2, 0.25) is 0 Å². The molecule has 14 heavy (non-hydrogen) atoms. The van der Waals surface area contributed by atoms with Crippen molar-refractivity contribution in [2.45, 2.75) is 26.2 Å². The lowest BCUT2D eigenvalue weighted by Crippen LogP contribution is -2.12. The van der Waals surface area contributed by atoms with E-state index in [0.29, 0.717) is 6.42 Å². The SMILES string of the molecule is Cc1ccc2c(c1)C(=N)C(=O)CCC2. The van der Waals surface area contributed by atoms with Gasteiger partial charge in [-0.2, -0.15) is 0 Å². The molecule has 0 bridgehead atoms. The predicted molar refractivity (Wildman–Crippen MR) is 56.0 cm³/mol. The molecule has 0 aliphatic heterocycles. The van der Waals surface area contributed by atoms with E-state index in [1.165, 1.54) is 0 Å². The molecule has 0 fully saturated rings. The number of hydrogen-bond acceptors (Lipinski definition) is 2. The van der Waals surface area contributed by atoms with E-state index in [2.05, 4.69) is 0 Å². The number of aryl methyl sites for hydroxylation is 2. The highest BCUT2D eigenvalue weighted by molar-refractivity contribution is 6.45. The van der Waals surface area contributed by atoms with Gasteiger partial charge in [0.25, 0.3) is 0 Å². The van der Waals surface area contributed by atoms with Crippen LogP contribution in [0.3, 0.4) is 0 Å². The largest absolute Gasteiger partial charge is 0.297 e. The third-order valence-corrected chi connectivity index (χ3v) is 2.66. The fraction of sp³-hybridized carbons (Fsp3) is 0.333. The Balaban J connectivity index is 2.55. The van der Waals surface area contributed by atoms with E-state index in [9.17, 15) is 4.79 Å². The van der Waals surface area contributed by atoms with Crippen molar-refractivity contribution in [1.82, 2.24) is 0 Å². The zero-order chi connectivity index (χ0) is 10.1. The molecule has 0 amide bonds. The van der Waals surface area contributed by atoms with Crippen LogP contribution in [0, 0.1) is 12.3 Å². The Hall–Kier alpha value is -1.44. The monoisotopic (exact) mass is 187 g/mol. The molecule has 0 unspecified atom stereocenters. The summed E-state index contributed by atoms with van der Waals surface area (Å²) in [5.41, 5.74) is 3.29. The van der Waals surface area contributed by atoms with Crippen LogP contribution in [0.4, 0.5) is 0 Å². The van der Waals surface area contributed by atoms with E-state index in [0.717, 1.165) is 29.5 Å². The predicted octanol–water partition coefficient (Wildman–Crippen LogP) is 2.27. The number of hydrogen-bond donors (Lipinski definition) is 1. The molecule has 2 heteroatoms. The molecule has 0 atom stereocenters. The van der Waals surface area contributed by atoms with Gasteiger partial charge in [0.1, 0.15) is 5.71 Å². The number of ketones is 1. The third kappa shape index (κ3) is 1.48. The smallest absolute Gasteiger partial charge is 0.181 e. The summed E-state index contributed by atoms with van der Waals surface area (Å²) >= 11 is 0. The lowest BCUT2D eigenvalue weighted by atomic mass is 9.99. The first-order chi connectivity index (χ1) is 6.68. The summed E-state index contributed by atoms with van der Waals surface area (Å²) in [6.07, 6.45) is 2.31. The summed E-state index contributed by atoms with van der Waals surface area (Å²) in [7, 11) is 0. The number of nitrogens with one attached hydrogen (secondary N) is 1. The fourth-order valence-corrected chi connectivity index (χ4v) is 1.86. The van der Waals surface area contributed by atoms with Crippen molar-refractivity contribution < 1.29 is 4.79 Å². The average molecular weight is 187 g/mol. The molecule has 0 aromatic heterocycles. The lowest BCUT2D eigenvalue weighted by molar-refractivity contribution is -0.113. The number of benzene rings is 1. The topological polar surface area (TPSA) is 40.9 Å². The van der Waals surface area contributed by atoms with Crippen LogP contribution < -0.4 is 0 Å². The molecule has 0 spiro atoms. The summed E-state index contributed by atoms with van der Waals surface area (Å²) in [4.78, 5) is 11.5. The first-order valence-electron chi connectivity index (χ1n) is 4.90. The van der Waals surface area contributed by atoms with Gasteiger partial charge in [0.15, 0.2) is 5.78 Å². The molecule has 0 heterocycles. The van der Waals surface area contributed by atoms with Crippen LogP contribution in [-0.2, 0) is 11.2 Å². The first-order valence-corrected chi connectivity index (χ1v) is 4.90.